The first-order valence-corrected chi connectivity index (χ1v) is 17.5. The van der Waals surface area contributed by atoms with Crippen molar-refractivity contribution < 1.29 is 32.6 Å². The second-order valence-electron chi connectivity index (χ2n) is 13.5. The van der Waals surface area contributed by atoms with Gasteiger partial charge < -0.3 is 19.9 Å². The summed E-state index contributed by atoms with van der Waals surface area (Å²) in [6.45, 7) is 8.60. The van der Waals surface area contributed by atoms with Crippen molar-refractivity contribution in [2.45, 2.75) is 83.2 Å². The molecule has 1 heterocycles. The van der Waals surface area contributed by atoms with E-state index in [0.29, 0.717) is 24.3 Å². The predicted octanol–water partition coefficient (Wildman–Crippen LogP) is 5.76. The van der Waals surface area contributed by atoms with E-state index in [-0.39, 0.29) is 45.6 Å². The van der Waals surface area contributed by atoms with Crippen molar-refractivity contribution in [3.05, 3.63) is 65.2 Å². The number of ether oxygens (including phenoxy) is 2. The summed E-state index contributed by atoms with van der Waals surface area (Å²) in [7, 11) is -2.78. The van der Waals surface area contributed by atoms with E-state index < -0.39 is 16.0 Å². The van der Waals surface area contributed by atoms with Gasteiger partial charge >= 0.3 is 11.9 Å². The minimum atomic E-state index is -4.22. The van der Waals surface area contributed by atoms with E-state index in [0.717, 1.165) is 61.3 Å². The van der Waals surface area contributed by atoms with Crippen molar-refractivity contribution >= 4 is 27.9 Å². The number of sulfonamides is 1. The van der Waals surface area contributed by atoms with Crippen molar-refractivity contribution in [1.29, 1.82) is 0 Å². The highest BCUT2D eigenvalue weighted by Gasteiger charge is 2.55. The first-order chi connectivity index (χ1) is 22.3. The summed E-state index contributed by atoms with van der Waals surface area (Å²) in [6.07, 6.45) is 5.68. The largest absolute Gasteiger partial charge is 0.478 e. The molecule has 0 aliphatic heterocycles. The minimum absolute atomic E-state index is 0.0117. The molecule has 0 bridgehead atoms. The number of carboxylic acid groups (broad SMARTS) is 1. The number of rotatable bonds is 14. The van der Waals surface area contributed by atoms with Gasteiger partial charge in [0.05, 0.1) is 29.2 Å². The average Bonchev–Trinajstić information content (AvgIpc) is 2.98. The van der Waals surface area contributed by atoms with E-state index in [9.17, 15) is 23.1 Å². The van der Waals surface area contributed by atoms with Crippen LogP contribution in [0.1, 0.15) is 73.9 Å². The molecule has 2 saturated carbocycles. The number of carbonyl (C=O) groups excluding carboxylic acids is 1. The SMILES string of the molecule is COC(=O)C1CC2(CC(N[C@H](CCC(C)C)COc3cc(-c4c(C)cccc4C)nc(NS(=O)(=O)c4cccc(C(=O)O)c4)n3)C2)C1. The Kier molecular flexibility index (Phi) is 10.2. The van der Waals surface area contributed by atoms with Crippen LogP contribution in [0.4, 0.5) is 5.95 Å². The van der Waals surface area contributed by atoms with Crippen LogP contribution in [0.2, 0.25) is 0 Å². The minimum Gasteiger partial charge on any atom is -0.478 e. The van der Waals surface area contributed by atoms with Gasteiger partial charge in [-0.25, -0.2) is 22.9 Å². The Morgan fingerprint density at radius 2 is 1.68 bits per heavy atom. The fourth-order valence-electron chi connectivity index (χ4n) is 6.89. The number of benzene rings is 2. The molecule has 3 N–H and O–H groups in total. The maximum Gasteiger partial charge on any atom is 0.335 e. The second-order valence-corrected chi connectivity index (χ2v) is 15.2. The predicted molar refractivity (Wildman–Crippen MR) is 178 cm³/mol. The number of aryl methyl sites for hydroxylation is 2. The molecule has 0 unspecified atom stereocenters. The molecule has 1 atom stereocenters. The van der Waals surface area contributed by atoms with Crippen molar-refractivity contribution in [1.82, 2.24) is 15.3 Å². The van der Waals surface area contributed by atoms with Gasteiger partial charge in [-0.15, -0.1) is 0 Å². The topological polar surface area (TPSA) is 157 Å². The molecular formula is C35H44N4O7S. The molecular weight excluding hydrogens is 620 g/mol. The van der Waals surface area contributed by atoms with Crippen LogP contribution in [0.25, 0.3) is 11.3 Å². The van der Waals surface area contributed by atoms with Crippen LogP contribution in [0.15, 0.2) is 53.4 Å². The number of esters is 1. The number of nitrogens with zero attached hydrogens (tertiary/aromatic N) is 2. The molecule has 12 heteroatoms. The number of nitrogens with one attached hydrogen (secondary N) is 2. The van der Waals surface area contributed by atoms with E-state index in [1.54, 1.807) is 6.07 Å². The highest BCUT2D eigenvalue weighted by molar-refractivity contribution is 7.92. The average molecular weight is 665 g/mol. The monoisotopic (exact) mass is 664 g/mol. The Bertz CT molecular complexity index is 1710. The molecule has 5 rings (SSSR count). The van der Waals surface area contributed by atoms with E-state index in [2.05, 4.69) is 33.9 Å². The van der Waals surface area contributed by atoms with Crippen LogP contribution in [-0.2, 0) is 19.6 Å². The zero-order valence-electron chi connectivity index (χ0n) is 27.6. The number of carboxylic acids is 1. The van der Waals surface area contributed by atoms with Gasteiger partial charge in [-0.1, -0.05) is 38.1 Å². The van der Waals surface area contributed by atoms with Gasteiger partial charge in [0.2, 0.25) is 11.8 Å². The molecule has 2 aliphatic rings. The van der Waals surface area contributed by atoms with Gasteiger partial charge in [0.25, 0.3) is 10.0 Å². The fourth-order valence-corrected chi connectivity index (χ4v) is 7.88. The first kappa shape index (κ1) is 34.3. The molecule has 252 valence electrons. The molecule has 2 fully saturated rings. The number of aromatic nitrogens is 2. The lowest BCUT2D eigenvalue weighted by molar-refractivity contribution is -0.159. The van der Waals surface area contributed by atoms with E-state index >= 15 is 0 Å². The lowest BCUT2D eigenvalue weighted by Gasteiger charge is -2.57. The summed E-state index contributed by atoms with van der Waals surface area (Å²) >= 11 is 0. The highest BCUT2D eigenvalue weighted by Crippen LogP contribution is 2.59. The van der Waals surface area contributed by atoms with Crippen LogP contribution < -0.4 is 14.8 Å². The van der Waals surface area contributed by atoms with Crippen LogP contribution in [0.5, 0.6) is 5.88 Å². The van der Waals surface area contributed by atoms with E-state index in [1.807, 2.05) is 32.0 Å². The third-order valence-electron chi connectivity index (χ3n) is 9.31. The maximum absolute atomic E-state index is 13.3. The first-order valence-electron chi connectivity index (χ1n) is 16.1. The summed E-state index contributed by atoms with van der Waals surface area (Å²) in [5.74, 6) is -0.792. The van der Waals surface area contributed by atoms with Crippen LogP contribution in [-0.4, -0.2) is 61.2 Å². The summed E-state index contributed by atoms with van der Waals surface area (Å²) < 4.78 is 40.3. The Labute approximate surface area is 276 Å². The van der Waals surface area contributed by atoms with Crippen LogP contribution in [0.3, 0.4) is 0 Å². The van der Waals surface area contributed by atoms with E-state index in [1.165, 1.54) is 25.3 Å². The Morgan fingerprint density at radius 1 is 1.00 bits per heavy atom. The van der Waals surface area contributed by atoms with Crippen LogP contribution in [0, 0.1) is 31.1 Å². The standard InChI is InChI=1S/C35H44N4O7S/c1-21(2)12-13-26(36-27-18-35(19-27)16-25(17-35)33(42)45-5)20-46-30-15-29(31-22(3)8-6-9-23(31)4)37-34(38-30)39-47(43,44)28-11-7-10-24(14-28)32(40)41/h6-11,14-15,21,25-27,36H,12-13,16-20H2,1-5H3,(H,40,41)(H,37,38,39)/t25?,26-,27?,35?/m1/s1. The van der Waals surface area contributed by atoms with Gasteiger partial charge in [-0.05, 0) is 93.0 Å². The molecule has 1 aromatic heterocycles. The molecule has 47 heavy (non-hydrogen) atoms. The number of carbonyl (C=O) groups is 2. The van der Waals surface area contributed by atoms with E-state index in [4.69, 9.17) is 9.47 Å². The van der Waals surface area contributed by atoms with Gasteiger partial charge in [-0.3, -0.25) is 4.79 Å². The number of hydrogen-bond acceptors (Lipinski definition) is 9. The molecule has 11 nitrogen and oxygen atoms in total. The third-order valence-corrected chi connectivity index (χ3v) is 10.6. The van der Waals surface area contributed by atoms with Crippen molar-refractivity contribution in [2.75, 3.05) is 18.4 Å². The second kappa shape index (κ2) is 14.0. The highest BCUT2D eigenvalue weighted by atomic mass is 32.2. The molecule has 2 aromatic carbocycles. The van der Waals surface area contributed by atoms with Gasteiger partial charge in [0.1, 0.15) is 6.61 Å². The van der Waals surface area contributed by atoms with Crippen molar-refractivity contribution in [3.8, 4) is 17.1 Å². The van der Waals surface area contributed by atoms with Gasteiger partial charge in [0.15, 0.2) is 0 Å². The number of methoxy groups -OCH3 is 1. The number of anilines is 1. The molecule has 0 saturated heterocycles. The van der Waals surface area contributed by atoms with Crippen molar-refractivity contribution in [3.63, 3.8) is 0 Å². The number of aromatic carboxylic acids is 1. The molecule has 0 radical (unpaired) electrons. The smallest absolute Gasteiger partial charge is 0.335 e. The molecule has 3 aromatic rings. The third kappa shape index (κ3) is 8.10. The lowest BCUT2D eigenvalue weighted by Crippen LogP contribution is -2.58. The quantitative estimate of drug-likeness (QED) is 0.181. The Balaban J connectivity index is 1.36. The normalized spacial score (nSPS) is 21.1. The fraction of sp³-hybridized carbons (Fsp3) is 0.486. The Morgan fingerprint density at radius 3 is 2.32 bits per heavy atom. The van der Waals surface area contributed by atoms with Gasteiger partial charge in [-0.2, -0.15) is 4.98 Å². The summed E-state index contributed by atoms with van der Waals surface area (Å²) in [6, 6.07) is 13.0. The summed E-state index contributed by atoms with van der Waals surface area (Å²) in [5, 5.41) is 13.1. The zero-order valence-corrected chi connectivity index (χ0v) is 28.4. The maximum atomic E-state index is 13.3. The number of hydrogen-bond donors (Lipinski definition) is 3. The zero-order chi connectivity index (χ0) is 33.9. The Hall–Kier alpha value is -4.03. The molecule has 2 aliphatic carbocycles. The summed E-state index contributed by atoms with van der Waals surface area (Å²) in [5.41, 5.74) is 3.33. The van der Waals surface area contributed by atoms with Crippen LogP contribution >= 0.6 is 0 Å². The molecule has 1 spiro atoms. The summed E-state index contributed by atoms with van der Waals surface area (Å²) in [4.78, 5) is 32.1. The molecule has 0 amide bonds. The van der Waals surface area contributed by atoms with Gasteiger partial charge in [0, 0.05) is 23.7 Å². The lowest BCUT2D eigenvalue weighted by atomic mass is 9.50. The van der Waals surface area contributed by atoms with Crippen molar-refractivity contribution in [2.24, 2.45) is 17.3 Å².